The molecule has 0 bridgehead atoms. The number of rotatable bonds is 6. The van der Waals surface area contributed by atoms with Gasteiger partial charge in [-0.15, -0.1) is 0 Å². The maximum Gasteiger partial charge on any atom is 0.293 e. The standard InChI is InChI=1S/C18H20ClN3O3/c1-11(2)20-18(23)14-7-8-16(17(10-14)22(24)25)21-12(3)13-5-4-6-15(19)9-13/h4-12,21H,1-3H3,(H,20,23). The highest BCUT2D eigenvalue weighted by atomic mass is 35.5. The summed E-state index contributed by atoms with van der Waals surface area (Å²) in [5, 5.41) is 17.8. The number of hydrogen-bond donors (Lipinski definition) is 2. The van der Waals surface area contributed by atoms with Crippen molar-refractivity contribution in [2.75, 3.05) is 5.32 Å². The van der Waals surface area contributed by atoms with E-state index in [1.165, 1.54) is 6.07 Å². The van der Waals surface area contributed by atoms with Crippen LogP contribution in [0.4, 0.5) is 11.4 Å². The Morgan fingerprint density at radius 1 is 1.16 bits per heavy atom. The highest BCUT2D eigenvalue weighted by molar-refractivity contribution is 6.30. The van der Waals surface area contributed by atoms with E-state index in [0.717, 1.165) is 5.56 Å². The molecule has 2 aromatic rings. The second kappa shape index (κ2) is 7.98. The molecule has 132 valence electrons. The summed E-state index contributed by atoms with van der Waals surface area (Å²) in [6, 6.07) is 11.4. The van der Waals surface area contributed by atoms with E-state index < -0.39 is 4.92 Å². The lowest BCUT2D eigenvalue weighted by molar-refractivity contribution is -0.384. The summed E-state index contributed by atoms with van der Waals surface area (Å²) in [5.74, 6) is -0.340. The summed E-state index contributed by atoms with van der Waals surface area (Å²) in [5.41, 5.74) is 1.36. The summed E-state index contributed by atoms with van der Waals surface area (Å²) in [4.78, 5) is 23.0. The van der Waals surface area contributed by atoms with Crippen molar-refractivity contribution in [2.24, 2.45) is 0 Å². The highest BCUT2D eigenvalue weighted by Gasteiger charge is 2.19. The Morgan fingerprint density at radius 2 is 1.88 bits per heavy atom. The molecule has 1 unspecified atom stereocenters. The lowest BCUT2D eigenvalue weighted by Gasteiger charge is -2.16. The van der Waals surface area contributed by atoms with E-state index in [9.17, 15) is 14.9 Å². The van der Waals surface area contributed by atoms with Crippen LogP contribution in [0.1, 0.15) is 42.7 Å². The lowest BCUT2D eigenvalue weighted by atomic mass is 10.1. The molecule has 25 heavy (non-hydrogen) atoms. The molecule has 0 saturated carbocycles. The topological polar surface area (TPSA) is 84.3 Å². The Morgan fingerprint density at radius 3 is 2.48 bits per heavy atom. The Labute approximate surface area is 151 Å². The molecule has 0 spiro atoms. The summed E-state index contributed by atoms with van der Waals surface area (Å²) in [6.07, 6.45) is 0. The monoisotopic (exact) mass is 361 g/mol. The second-order valence-electron chi connectivity index (χ2n) is 6.04. The van der Waals surface area contributed by atoms with Gasteiger partial charge < -0.3 is 10.6 Å². The SMILES string of the molecule is CC(C)NC(=O)c1ccc(NC(C)c2cccc(Cl)c2)c([N+](=O)[O-])c1. The molecule has 6 nitrogen and oxygen atoms in total. The second-order valence-corrected chi connectivity index (χ2v) is 6.47. The largest absolute Gasteiger partial charge is 0.373 e. The number of nitro benzene ring substituents is 1. The fraction of sp³-hybridized carbons (Fsp3) is 0.278. The van der Waals surface area contributed by atoms with Gasteiger partial charge in [-0.2, -0.15) is 0 Å². The number of halogens is 1. The number of nitrogens with zero attached hydrogens (tertiary/aromatic N) is 1. The number of carbonyl (C=O) groups is 1. The molecule has 0 aliphatic rings. The highest BCUT2D eigenvalue weighted by Crippen LogP contribution is 2.30. The van der Waals surface area contributed by atoms with Gasteiger partial charge in [0.2, 0.25) is 0 Å². The van der Waals surface area contributed by atoms with Crippen molar-refractivity contribution in [3.8, 4) is 0 Å². The number of benzene rings is 2. The van der Waals surface area contributed by atoms with Gasteiger partial charge in [0.1, 0.15) is 5.69 Å². The zero-order chi connectivity index (χ0) is 18.6. The maximum atomic E-state index is 12.1. The van der Waals surface area contributed by atoms with Crippen molar-refractivity contribution in [1.82, 2.24) is 5.32 Å². The molecule has 0 aliphatic heterocycles. The summed E-state index contributed by atoms with van der Waals surface area (Å²) >= 11 is 5.99. The normalized spacial score (nSPS) is 11.9. The summed E-state index contributed by atoms with van der Waals surface area (Å²) in [6.45, 7) is 5.54. The van der Waals surface area contributed by atoms with Crippen LogP contribution in [0.25, 0.3) is 0 Å². The Kier molecular flexibility index (Phi) is 5.98. The first-order valence-electron chi connectivity index (χ1n) is 7.89. The first-order chi connectivity index (χ1) is 11.8. The quantitative estimate of drug-likeness (QED) is 0.583. The molecule has 1 amide bonds. The molecule has 7 heteroatoms. The molecule has 2 rings (SSSR count). The molecule has 0 saturated heterocycles. The van der Waals surface area contributed by atoms with Gasteiger partial charge in [-0.25, -0.2) is 0 Å². The first-order valence-corrected chi connectivity index (χ1v) is 8.27. The van der Waals surface area contributed by atoms with Gasteiger partial charge >= 0.3 is 0 Å². The fourth-order valence-corrected chi connectivity index (χ4v) is 2.58. The average molecular weight is 362 g/mol. The molecular weight excluding hydrogens is 342 g/mol. The number of hydrogen-bond acceptors (Lipinski definition) is 4. The number of nitrogens with one attached hydrogen (secondary N) is 2. The first kappa shape index (κ1) is 18.7. The molecule has 0 aromatic heterocycles. The minimum absolute atomic E-state index is 0.0489. The number of anilines is 1. The van der Waals surface area contributed by atoms with E-state index in [1.807, 2.05) is 32.9 Å². The van der Waals surface area contributed by atoms with Crippen LogP contribution in [-0.2, 0) is 0 Å². The van der Waals surface area contributed by atoms with Crippen LogP contribution in [0.3, 0.4) is 0 Å². The predicted molar refractivity (Wildman–Crippen MR) is 99.2 cm³/mol. The van der Waals surface area contributed by atoms with Gasteiger partial charge in [-0.3, -0.25) is 14.9 Å². The molecule has 1 atom stereocenters. The molecule has 0 radical (unpaired) electrons. The van der Waals surface area contributed by atoms with Crippen molar-refractivity contribution in [3.63, 3.8) is 0 Å². The maximum absolute atomic E-state index is 12.1. The van der Waals surface area contributed by atoms with Crippen LogP contribution in [0.15, 0.2) is 42.5 Å². The van der Waals surface area contributed by atoms with E-state index >= 15 is 0 Å². The third-order valence-electron chi connectivity index (χ3n) is 3.60. The third-order valence-corrected chi connectivity index (χ3v) is 3.83. The van der Waals surface area contributed by atoms with Gasteiger partial charge in [0, 0.05) is 28.7 Å². The van der Waals surface area contributed by atoms with Gasteiger partial charge in [0.25, 0.3) is 11.6 Å². The van der Waals surface area contributed by atoms with Gasteiger partial charge in [-0.1, -0.05) is 23.7 Å². The van der Waals surface area contributed by atoms with E-state index in [-0.39, 0.29) is 29.2 Å². The van der Waals surface area contributed by atoms with Crippen molar-refractivity contribution >= 4 is 28.9 Å². The van der Waals surface area contributed by atoms with Gasteiger partial charge in [0.05, 0.1) is 4.92 Å². The predicted octanol–water partition coefficient (Wildman–Crippen LogP) is 4.56. The van der Waals surface area contributed by atoms with Crippen LogP contribution in [0, 0.1) is 10.1 Å². The smallest absolute Gasteiger partial charge is 0.293 e. The van der Waals surface area contributed by atoms with Crippen LogP contribution in [0.2, 0.25) is 5.02 Å². The number of nitro groups is 1. The van der Waals surface area contributed by atoms with Crippen LogP contribution < -0.4 is 10.6 Å². The van der Waals surface area contributed by atoms with Gasteiger partial charge in [-0.05, 0) is 50.6 Å². The lowest BCUT2D eigenvalue weighted by Crippen LogP contribution is -2.30. The summed E-state index contributed by atoms with van der Waals surface area (Å²) in [7, 11) is 0. The van der Waals surface area contributed by atoms with Crippen molar-refractivity contribution in [3.05, 3.63) is 68.7 Å². The molecule has 0 heterocycles. The molecule has 2 N–H and O–H groups in total. The Balaban J connectivity index is 2.28. The number of amides is 1. The van der Waals surface area contributed by atoms with Crippen molar-refractivity contribution in [2.45, 2.75) is 32.9 Å². The Bertz CT molecular complexity index is 793. The summed E-state index contributed by atoms with van der Waals surface area (Å²) < 4.78 is 0. The molecule has 0 fully saturated rings. The van der Waals surface area contributed by atoms with Crippen molar-refractivity contribution < 1.29 is 9.72 Å². The van der Waals surface area contributed by atoms with E-state index in [2.05, 4.69) is 10.6 Å². The number of carbonyl (C=O) groups excluding carboxylic acids is 1. The third kappa shape index (κ3) is 4.93. The molecular formula is C18H20ClN3O3. The van der Waals surface area contributed by atoms with E-state index in [0.29, 0.717) is 10.7 Å². The zero-order valence-electron chi connectivity index (χ0n) is 14.2. The average Bonchev–Trinajstić information content (AvgIpc) is 2.54. The van der Waals surface area contributed by atoms with Gasteiger partial charge in [0.15, 0.2) is 0 Å². The van der Waals surface area contributed by atoms with Crippen molar-refractivity contribution in [1.29, 1.82) is 0 Å². The van der Waals surface area contributed by atoms with E-state index in [4.69, 9.17) is 11.6 Å². The minimum Gasteiger partial charge on any atom is -0.373 e. The van der Waals surface area contributed by atoms with Crippen LogP contribution >= 0.6 is 11.6 Å². The van der Waals surface area contributed by atoms with Crippen LogP contribution in [-0.4, -0.2) is 16.9 Å². The fourth-order valence-electron chi connectivity index (χ4n) is 2.38. The zero-order valence-corrected chi connectivity index (χ0v) is 15.0. The molecule has 2 aromatic carbocycles. The molecule has 0 aliphatic carbocycles. The van der Waals surface area contributed by atoms with Crippen LogP contribution in [0.5, 0.6) is 0 Å². The minimum atomic E-state index is -0.501. The Hall–Kier alpha value is -2.60. The van der Waals surface area contributed by atoms with E-state index in [1.54, 1.807) is 24.3 Å².